The predicted octanol–water partition coefficient (Wildman–Crippen LogP) is 4.71. The van der Waals surface area contributed by atoms with Crippen molar-refractivity contribution in [2.45, 2.75) is 52.7 Å². The normalized spacial score (nSPS) is 12.7. The van der Waals surface area contributed by atoms with Gasteiger partial charge in [0.05, 0.1) is 50.7 Å². The lowest BCUT2D eigenvalue weighted by Crippen LogP contribution is -2.43. The topological polar surface area (TPSA) is 143 Å². The number of nitrogens with one attached hydrogen (secondary N) is 1. The van der Waals surface area contributed by atoms with Gasteiger partial charge in [-0.05, 0) is 71.0 Å². The van der Waals surface area contributed by atoms with E-state index in [1.54, 1.807) is 18.2 Å². The molecule has 0 radical (unpaired) electrons. The zero-order valence-electron chi connectivity index (χ0n) is 24.7. The molecule has 0 aliphatic heterocycles. The minimum absolute atomic E-state index is 0.123. The van der Waals surface area contributed by atoms with Crippen LogP contribution in [0, 0.1) is 0 Å². The second-order valence-corrected chi connectivity index (χ2v) is 12.0. The number of guanidine groups is 1. The lowest BCUT2D eigenvalue weighted by atomic mass is 10.1. The molecule has 0 spiro atoms. The summed E-state index contributed by atoms with van der Waals surface area (Å²) < 4.78 is 50.2. The number of benzene rings is 2. The zero-order valence-corrected chi connectivity index (χ0v) is 25.5. The van der Waals surface area contributed by atoms with E-state index in [0.29, 0.717) is 34.2 Å². The number of sulfonamides is 1. The van der Waals surface area contributed by atoms with Gasteiger partial charge in [0.25, 0.3) is 16.0 Å². The van der Waals surface area contributed by atoms with Crippen LogP contribution in [0.15, 0.2) is 40.9 Å². The number of nitrogens with two attached hydrogens (primary N) is 1. The number of hydrogen-bond acceptors (Lipinski definition) is 9. The Morgan fingerprint density at radius 1 is 0.875 bits per heavy atom. The molecule has 12 nitrogen and oxygen atoms in total. The summed E-state index contributed by atoms with van der Waals surface area (Å²) in [5.41, 5.74) is 5.84. The highest BCUT2D eigenvalue weighted by Crippen LogP contribution is 2.36. The van der Waals surface area contributed by atoms with Crippen molar-refractivity contribution in [3.63, 3.8) is 0 Å². The highest BCUT2D eigenvalue weighted by molar-refractivity contribution is 7.95. The molecule has 0 unspecified atom stereocenters. The van der Waals surface area contributed by atoms with Gasteiger partial charge in [-0.1, -0.05) is 0 Å². The SMILES string of the molecule is COc1cc(OC)c(/C=C/S(=O)(=O)Nc2ccc(OC)c(N(OC(C)(C)C)/C(N)=N/OC(C)(C)C)c2)c(OC)c1. The number of methoxy groups -OCH3 is 4. The van der Waals surface area contributed by atoms with Gasteiger partial charge < -0.3 is 29.5 Å². The van der Waals surface area contributed by atoms with Crippen LogP contribution in [-0.2, 0) is 19.7 Å². The lowest BCUT2D eigenvalue weighted by molar-refractivity contribution is -0.0144. The average molecular weight is 581 g/mol. The lowest BCUT2D eigenvalue weighted by Gasteiger charge is -2.31. The fraction of sp³-hybridized carbons (Fsp3) is 0.444. The molecule has 13 heteroatoms. The van der Waals surface area contributed by atoms with Gasteiger partial charge >= 0.3 is 0 Å². The Morgan fingerprint density at radius 2 is 1.45 bits per heavy atom. The summed E-state index contributed by atoms with van der Waals surface area (Å²) in [7, 11) is 1.89. The maximum absolute atomic E-state index is 13.1. The van der Waals surface area contributed by atoms with Crippen molar-refractivity contribution in [1.29, 1.82) is 0 Å². The van der Waals surface area contributed by atoms with Crippen molar-refractivity contribution in [2.75, 3.05) is 38.2 Å². The van der Waals surface area contributed by atoms with Crippen molar-refractivity contribution in [3.8, 4) is 23.0 Å². The molecule has 2 rings (SSSR count). The van der Waals surface area contributed by atoms with Crippen LogP contribution in [-0.4, -0.2) is 54.0 Å². The van der Waals surface area contributed by atoms with Crippen LogP contribution in [0.2, 0.25) is 0 Å². The monoisotopic (exact) mass is 580 g/mol. The van der Waals surface area contributed by atoms with Gasteiger partial charge in [0, 0.05) is 12.1 Å². The van der Waals surface area contributed by atoms with Crippen LogP contribution < -0.4 is 34.5 Å². The van der Waals surface area contributed by atoms with Crippen molar-refractivity contribution in [2.24, 2.45) is 10.9 Å². The fourth-order valence-electron chi connectivity index (χ4n) is 3.18. The van der Waals surface area contributed by atoms with E-state index < -0.39 is 21.2 Å². The summed E-state index contributed by atoms with van der Waals surface area (Å²) in [5.74, 6) is 1.47. The Bertz CT molecular complexity index is 1300. The largest absolute Gasteiger partial charge is 0.496 e. The molecule has 0 saturated heterocycles. The molecule has 2 aromatic rings. The van der Waals surface area contributed by atoms with Gasteiger partial charge in [-0.3, -0.25) is 9.56 Å². The number of nitrogens with zero attached hydrogens (tertiary/aromatic N) is 2. The molecule has 0 fully saturated rings. The van der Waals surface area contributed by atoms with Gasteiger partial charge in [-0.15, -0.1) is 0 Å². The first kappa shape index (κ1) is 32.4. The zero-order chi connectivity index (χ0) is 30.3. The molecule has 0 heterocycles. The molecule has 40 heavy (non-hydrogen) atoms. The van der Waals surface area contributed by atoms with Gasteiger partial charge in [0.1, 0.15) is 34.3 Å². The van der Waals surface area contributed by atoms with Crippen LogP contribution in [0.5, 0.6) is 23.0 Å². The quantitative estimate of drug-likeness (QED) is 0.218. The van der Waals surface area contributed by atoms with E-state index >= 15 is 0 Å². The molecule has 0 aromatic heterocycles. The Kier molecular flexibility index (Phi) is 10.5. The van der Waals surface area contributed by atoms with E-state index in [1.807, 2.05) is 41.5 Å². The van der Waals surface area contributed by atoms with E-state index in [0.717, 1.165) is 5.41 Å². The summed E-state index contributed by atoms with van der Waals surface area (Å²) in [6.07, 6.45) is 1.37. The van der Waals surface area contributed by atoms with Gasteiger partial charge in [-0.2, -0.15) is 5.06 Å². The molecule has 3 N–H and O–H groups in total. The van der Waals surface area contributed by atoms with Crippen molar-refractivity contribution in [1.82, 2.24) is 0 Å². The molecule has 222 valence electrons. The molecular formula is C27H40N4O8S. The van der Waals surface area contributed by atoms with E-state index in [1.165, 1.54) is 51.7 Å². The number of rotatable bonds is 11. The average Bonchev–Trinajstić information content (AvgIpc) is 2.87. The van der Waals surface area contributed by atoms with Crippen molar-refractivity contribution < 1.29 is 37.0 Å². The third kappa shape index (κ3) is 9.42. The number of ether oxygens (including phenoxy) is 4. The molecule has 0 aliphatic carbocycles. The first-order valence-corrected chi connectivity index (χ1v) is 13.8. The van der Waals surface area contributed by atoms with Crippen molar-refractivity contribution >= 4 is 33.4 Å². The van der Waals surface area contributed by atoms with Crippen LogP contribution >= 0.6 is 0 Å². The summed E-state index contributed by atoms with van der Waals surface area (Å²) in [5, 5.41) is 6.23. The van der Waals surface area contributed by atoms with Crippen LogP contribution in [0.25, 0.3) is 6.08 Å². The molecule has 0 amide bonds. The number of hydroxylamine groups is 1. The summed E-state index contributed by atoms with van der Waals surface area (Å²) in [4.78, 5) is 11.5. The minimum atomic E-state index is -4.00. The summed E-state index contributed by atoms with van der Waals surface area (Å²) >= 11 is 0. The second kappa shape index (κ2) is 13.0. The van der Waals surface area contributed by atoms with Crippen LogP contribution in [0.3, 0.4) is 0 Å². The number of oxime groups is 1. The first-order valence-electron chi connectivity index (χ1n) is 12.2. The third-order valence-electron chi connectivity index (χ3n) is 4.81. The van der Waals surface area contributed by atoms with Gasteiger partial charge in [0.15, 0.2) is 0 Å². The molecule has 0 saturated carbocycles. The number of hydrogen-bond donors (Lipinski definition) is 2. The third-order valence-corrected chi connectivity index (χ3v) is 5.83. The standard InChI is InChI=1S/C27H40N4O8S/c1-26(2,3)38-29-25(28)31(39-27(4,5)6)21-15-18(11-12-22(21)35-8)30-40(32,33)14-13-20-23(36-9)16-19(34-7)17-24(20)37-10/h11-17,30H,1-10H3,(H2,28,29)/b14-13+. The van der Waals surface area contributed by atoms with Gasteiger partial charge in [-0.25, -0.2) is 8.42 Å². The van der Waals surface area contributed by atoms with E-state index in [2.05, 4.69) is 9.88 Å². The summed E-state index contributed by atoms with van der Waals surface area (Å²) in [6.45, 7) is 10.9. The van der Waals surface area contributed by atoms with Crippen LogP contribution in [0.1, 0.15) is 47.1 Å². The Balaban J connectivity index is 2.49. The highest BCUT2D eigenvalue weighted by atomic mass is 32.2. The number of anilines is 2. The Morgan fingerprint density at radius 3 is 1.93 bits per heavy atom. The smallest absolute Gasteiger partial charge is 0.262 e. The van der Waals surface area contributed by atoms with E-state index in [-0.39, 0.29) is 11.6 Å². The summed E-state index contributed by atoms with van der Waals surface area (Å²) in [6, 6.07) is 7.86. The molecular weight excluding hydrogens is 540 g/mol. The van der Waals surface area contributed by atoms with Crippen molar-refractivity contribution in [3.05, 3.63) is 41.3 Å². The molecule has 0 atom stereocenters. The van der Waals surface area contributed by atoms with Crippen LogP contribution in [0.4, 0.5) is 11.4 Å². The van der Waals surface area contributed by atoms with E-state index in [9.17, 15) is 8.42 Å². The predicted molar refractivity (Wildman–Crippen MR) is 156 cm³/mol. The first-order chi connectivity index (χ1) is 18.5. The fourth-order valence-corrected chi connectivity index (χ4v) is 4.02. The second-order valence-electron chi connectivity index (χ2n) is 10.4. The van der Waals surface area contributed by atoms with E-state index in [4.69, 9.17) is 34.4 Å². The Labute approximate surface area is 236 Å². The maximum atomic E-state index is 13.1. The Hall–Kier alpha value is -3.84. The maximum Gasteiger partial charge on any atom is 0.262 e. The highest BCUT2D eigenvalue weighted by Gasteiger charge is 2.26. The molecule has 0 aliphatic rings. The minimum Gasteiger partial charge on any atom is -0.496 e. The molecule has 0 bridgehead atoms. The van der Waals surface area contributed by atoms with Gasteiger partial charge in [0.2, 0.25) is 0 Å². The molecule has 2 aromatic carbocycles.